The number of hydrogen-bond donors (Lipinski definition) is 0. The summed E-state index contributed by atoms with van der Waals surface area (Å²) in [4.78, 5) is 0. The minimum absolute atomic E-state index is 0.117. The van der Waals surface area contributed by atoms with Crippen molar-refractivity contribution in [2.24, 2.45) is 0 Å². The molecule has 0 amide bonds. The van der Waals surface area contributed by atoms with Gasteiger partial charge in [-0.25, -0.2) is 4.39 Å². The number of nitriles is 1. The van der Waals surface area contributed by atoms with Crippen LogP contribution in [-0.2, 0) is 11.9 Å². The summed E-state index contributed by atoms with van der Waals surface area (Å²) in [7, 11) is 0. The maximum atomic E-state index is 14.2. The SMILES string of the molecule is CC(C#N)=C1c2ccc(CBr)cc2COc2c1ccc(F)c2F. The topological polar surface area (TPSA) is 33.0 Å². The first kappa shape index (κ1) is 15.7. The molecule has 23 heavy (non-hydrogen) atoms. The van der Waals surface area contributed by atoms with Crippen LogP contribution in [0, 0.1) is 23.0 Å². The molecule has 2 aromatic rings. The summed E-state index contributed by atoms with van der Waals surface area (Å²) in [6.45, 7) is 1.78. The Bertz CT molecular complexity index is 868. The average Bonchev–Trinajstić information content (AvgIpc) is 2.74. The molecule has 1 heterocycles. The molecule has 0 saturated heterocycles. The van der Waals surface area contributed by atoms with Crippen LogP contribution < -0.4 is 4.74 Å². The number of alkyl halides is 1. The summed E-state index contributed by atoms with van der Waals surface area (Å²) in [5, 5.41) is 10.0. The third kappa shape index (κ3) is 2.64. The zero-order chi connectivity index (χ0) is 16.6. The molecule has 1 aliphatic rings. The van der Waals surface area contributed by atoms with Crippen molar-refractivity contribution in [3.05, 3.63) is 69.8 Å². The largest absolute Gasteiger partial charge is 0.485 e. The summed E-state index contributed by atoms with van der Waals surface area (Å²) in [6, 6.07) is 10.4. The first-order valence-electron chi connectivity index (χ1n) is 6.97. The molecule has 0 radical (unpaired) electrons. The highest BCUT2D eigenvalue weighted by molar-refractivity contribution is 9.08. The van der Waals surface area contributed by atoms with Gasteiger partial charge in [-0.2, -0.15) is 9.65 Å². The lowest BCUT2D eigenvalue weighted by Gasteiger charge is -2.12. The number of fused-ring (bicyclic) bond motifs is 2. The Kier molecular flexibility index (Phi) is 4.18. The Morgan fingerprint density at radius 3 is 2.70 bits per heavy atom. The summed E-state index contributed by atoms with van der Waals surface area (Å²) >= 11 is 3.40. The van der Waals surface area contributed by atoms with Crippen LogP contribution in [0.3, 0.4) is 0 Å². The third-order valence-corrected chi connectivity index (χ3v) is 4.47. The van der Waals surface area contributed by atoms with E-state index in [-0.39, 0.29) is 12.4 Å². The van der Waals surface area contributed by atoms with Crippen LogP contribution in [-0.4, -0.2) is 0 Å². The Morgan fingerprint density at radius 2 is 2.00 bits per heavy atom. The molecular weight excluding hydrogens is 364 g/mol. The summed E-state index contributed by atoms with van der Waals surface area (Å²) in [6.07, 6.45) is 0. The first-order chi connectivity index (χ1) is 11.1. The molecule has 0 spiro atoms. The van der Waals surface area contributed by atoms with Crippen LogP contribution >= 0.6 is 15.9 Å². The van der Waals surface area contributed by atoms with E-state index in [1.165, 1.54) is 6.07 Å². The van der Waals surface area contributed by atoms with Crippen LogP contribution in [0.1, 0.15) is 29.2 Å². The quantitative estimate of drug-likeness (QED) is 0.513. The van der Waals surface area contributed by atoms with Crippen LogP contribution in [0.2, 0.25) is 0 Å². The molecule has 0 N–H and O–H groups in total. The highest BCUT2D eigenvalue weighted by Gasteiger charge is 2.25. The number of rotatable bonds is 1. The number of nitrogens with zero attached hydrogens (tertiary/aromatic N) is 1. The maximum absolute atomic E-state index is 14.2. The standard InChI is InChI=1S/C18H12BrF2NO/c1-10(8-22)16-13-3-2-11(7-19)6-12(13)9-23-18-14(16)4-5-15(20)17(18)21/h2-6H,7,9H2,1H3. The molecule has 0 atom stereocenters. The number of allylic oxidation sites excluding steroid dienone is 1. The zero-order valence-corrected chi connectivity index (χ0v) is 13.9. The first-order valence-corrected chi connectivity index (χ1v) is 8.09. The lowest BCUT2D eigenvalue weighted by molar-refractivity contribution is 0.285. The minimum atomic E-state index is -1.03. The van der Waals surface area contributed by atoms with E-state index in [4.69, 9.17) is 4.74 Å². The lowest BCUT2D eigenvalue weighted by Crippen LogP contribution is -1.99. The van der Waals surface area contributed by atoms with Gasteiger partial charge in [0, 0.05) is 22.0 Å². The summed E-state index contributed by atoms with van der Waals surface area (Å²) in [5.41, 5.74) is 4.08. The van der Waals surface area contributed by atoms with Gasteiger partial charge in [0.15, 0.2) is 11.6 Å². The number of ether oxygens (including phenoxy) is 1. The Labute approximate surface area is 141 Å². The van der Waals surface area contributed by atoms with E-state index in [1.807, 2.05) is 18.2 Å². The van der Waals surface area contributed by atoms with Gasteiger partial charge in [-0.15, -0.1) is 0 Å². The van der Waals surface area contributed by atoms with Crippen molar-refractivity contribution in [1.29, 1.82) is 5.26 Å². The molecule has 0 aliphatic carbocycles. The van der Waals surface area contributed by atoms with E-state index < -0.39 is 11.6 Å². The molecule has 0 aromatic heterocycles. The second-order valence-corrected chi connectivity index (χ2v) is 5.82. The summed E-state index contributed by atoms with van der Waals surface area (Å²) < 4.78 is 33.3. The number of hydrogen-bond acceptors (Lipinski definition) is 2. The smallest absolute Gasteiger partial charge is 0.201 e. The molecule has 3 rings (SSSR count). The van der Waals surface area contributed by atoms with Gasteiger partial charge in [-0.3, -0.25) is 0 Å². The fourth-order valence-electron chi connectivity index (χ4n) is 2.72. The minimum Gasteiger partial charge on any atom is -0.485 e. The van der Waals surface area contributed by atoms with Gasteiger partial charge in [0.25, 0.3) is 0 Å². The molecule has 1 aliphatic heterocycles. The Morgan fingerprint density at radius 1 is 1.26 bits per heavy atom. The van der Waals surface area contributed by atoms with Gasteiger partial charge in [-0.1, -0.05) is 34.1 Å². The molecule has 0 saturated carbocycles. The maximum Gasteiger partial charge on any atom is 0.201 e. The van der Waals surface area contributed by atoms with Crippen molar-refractivity contribution in [3.8, 4) is 11.8 Å². The highest BCUT2D eigenvalue weighted by atomic mass is 79.9. The van der Waals surface area contributed by atoms with Crippen molar-refractivity contribution >= 4 is 21.5 Å². The normalized spacial score (nSPS) is 14.9. The predicted molar refractivity (Wildman–Crippen MR) is 87.1 cm³/mol. The molecule has 116 valence electrons. The number of halogens is 3. The van der Waals surface area contributed by atoms with Crippen LogP contribution in [0.15, 0.2) is 35.9 Å². The molecule has 2 nitrogen and oxygen atoms in total. The van der Waals surface area contributed by atoms with E-state index in [0.29, 0.717) is 22.0 Å². The van der Waals surface area contributed by atoms with Crippen LogP contribution in [0.4, 0.5) is 8.78 Å². The fraction of sp³-hybridized carbons (Fsp3) is 0.167. The van der Waals surface area contributed by atoms with Crippen molar-refractivity contribution in [3.63, 3.8) is 0 Å². The van der Waals surface area contributed by atoms with Crippen molar-refractivity contribution in [2.75, 3.05) is 0 Å². The van der Waals surface area contributed by atoms with Crippen LogP contribution in [0.25, 0.3) is 5.57 Å². The predicted octanol–water partition coefficient (Wildman–Crippen LogP) is 5.10. The van der Waals surface area contributed by atoms with Crippen LogP contribution in [0.5, 0.6) is 5.75 Å². The third-order valence-electron chi connectivity index (χ3n) is 3.83. The van der Waals surface area contributed by atoms with Crippen molar-refractivity contribution in [1.82, 2.24) is 0 Å². The molecule has 0 unspecified atom stereocenters. The fourth-order valence-corrected chi connectivity index (χ4v) is 3.07. The molecule has 5 heteroatoms. The van der Waals surface area contributed by atoms with E-state index in [2.05, 4.69) is 22.0 Å². The lowest BCUT2D eigenvalue weighted by atomic mass is 9.90. The highest BCUT2D eigenvalue weighted by Crippen LogP contribution is 2.40. The van der Waals surface area contributed by atoms with E-state index in [0.717, 1.165) is 22.8 Å². The van der Waals surface area contributed by atoms with E-state index >= 15 is 0 Å². The molecular formula is C18H12BrF2NO. The Balaban J connectivity index is 2.34. The van der Waals surface area contributed by atoms with Gasteiger partial charge < -0.3 is 4.74 Å². The van der Waals surface area contributed by atoms with Crippen molar-refractivity contribution in [2.45, 2.75) is 18.9 Å². The van der Waals surface area contributed by atoms with E-state index in [1.54, 1.807) is 6.92 Å². The van der Waals surface area contributed by atoms with Gasteiger partial charge in [0.1, 0.15) is 6.61 Å². The zero-order valence-electron chi connectivity index (χ0n) is 12.3. The molecule has 2 aromatic carbocycles. The number of benzene rings is 2. The van der Waals surface area contributed by atoms with Gasteiger partial charge in [-0.05, 0) is 35.7 Å². The second kappa shape index (κ2) is 6.13. The van der Waals surface area contributed by atoms with Gasteiger partial charge in [0.2, 0.25) is 5.82 Å². The Hall–Kier alpha value is -2.19. The second-order valence-electron chi connectivity index (χ2n) is 5.26. The molecule has 0 fully saturated rings. The van der Waals surface area contributed by atoms with Gasteiger partial charge in [0.05, 0.1) is 6.07 Å². The van der Waals surface area contributed by atoms with Crippen molar-refractivity contribution < 1.29 is 13.5 Å². The van der Waals surface area contributed by atoms with Gasteiger partial charge >= 0.3 is 0 Å². The average molecular weight is 376 g/mol. The molecule has 0 bridgehead atoms. The van der Waals surface area contributed by atoms with E-state index in [9.17, 15) is 14.0 Å². The monoisotopic (exact) mass is 375 g/mol. The summed E-state index contributed by atoms with van der Waals surface area (Å²) in [5.74, 6) is -2.14.